The fourth-order valence-corrected chi connectivity index (χ4v) is 4.78. The van der Waals surface area contributed by atoms with Crippen molar-refractivity contribution in [3.63, 3.8) is 0 Å². The summed E-state index contributed by atoms with van der Waals surface area (Å²) < 4.78 is 27.6. The van der Waals surface area contributed by atoms with Crippen molar-refractivity contribution >= 4 is 17.7 Å². The molecule has 5 atom stereocenters. The van der Waals surface area contributed by atoms with Gasteiger partial charge in [-0.1, -0.05) is 30.3 Å². The van der Waals surface area contributed by atoms with Crippen molar-refractivity contribution in [2.75, 3.05) is 6.61 Å². The molecule has 41 heavy (non-hydrogen) atoms. The molecule has 11 heteroatoms. The molecular weight excluding hydrogens is 536 g/mol. The standard InChI is InChI=1S/C30H32O11/c1-17(32)38-28-27(36)25(16-31)41-30(29(28)39-18(2)33)40-24-13-6-12-22(35)26(24)21(34)11-5-9-19-8-3-4-10-20(19)23-14-7-15-37-23/h3-4,6-8,10,12-15,25,27-31,35-36H,5,9,11,16H2,1-2H3/t25-,27-,28+,29-,30-/m1/s1. The number of esters is 2. The second-order valence-electron chi connectivity index (χ2n) is 9.54. The largest absolute Gasteiger partial charge is 0.507 e. The number of aliphatic hydroxyl groups excluding tert-OH is 2. The number of hydrogen-bond donors (Lipinski definition) is 3. The van der Waals surface area contributed by atoms with E-state index in [1.807, 2.05) is 30.3 Å². The summed E-state index contributed by atoms with van der Waals surface area (Å²) in [4.78, 5) is 36.9. The number of ketones is 1. The van der Waals surface area contributed by atoms with Crippen molar-refractivity contribution in [3.8, 4) is 22.8 Å². The summed E-state index contributed by atoms with van der Waals surface area (Å²) in [6.45, 7) is 1.55. The summed E-state index contributed by atoms with van der Waals surface area (Å²) >= 11 is 0. The van der Waals surface area contributed by atoms with Gasteiger partial charge in [-0.2, -0.15) is 0 Å². The van der Waals surface area contributed by atoms with E-state index in [9.17, 15) is 29.7 Å². The van der Waals surface area contributed by atoms with Crippen LogP contribution in [0.2, 0.25) is 0 Å². The molecule has 1 fully saturated rings. The maximum absolute atomic E-state index is 13.3. The zero-order valence-corrected chi connectivity index (χ0v) is 22.6. The van der Waals surface area contributed by atoms with E-state index in [2.05, 4.69) is 0 Å². The van der Waals surface area contributed by atoms with Crippen LogP contribution in [0.3, 0.4) is 0 Å². The van der Waals surface area contributed by atoms with E-state index >= 15 is 0 Å². The minimum absolute atomic E-state index is 0.0629. The van der Waals surface area contributed by atoms with Crippen molar-refractivity contribution in [2.24, 2.45) is 0 Å². The lowest BCUT2D eigenvalue weighted by atomic mass is 9.97. The average Bonchev–Trinajstić information content (AvgIpc) is 3.47. The van der Waals surface area contributed by atoms with Gasteiger partial charge < -0.3 is 38.7 Å². The smallest absolute Gasteiger partial charge is 0.303 e. The fourth-order valence-electron chi connectivity index (χ4n) is 4.78. The predicted octanol–water partition coefficient (Wildman–Crippen LogP) is 3.18. The number of rotatable bonds is 11. The Bertz CT molecular complexity index is 1350. The van der Waals surface area contributed by atoms with Crippen LogP contribution >= 0.6 is 0 Å². The first-order valence-electron chi connectivity index (χ1n) is 13.1. The molecular formula is C30H32O11. The molecule has 3 aromatic rings. The van der Waals surface area contributed by atoms with Crippen molar-refractivity contribution in [3.05, 3.63) is 72.0 Å². The van der Waals surface area contributed by atoms with E-state index in [0.29, 0.717) is 12.8 Å². The second-order valence-corrected chi connectivity index (χ2v) is 9.54. The number of carbonyl (C=O) groups excluding carboxylic acids is 3. The van der Waals surface area contributed by atoms with Crippen molar-refractivity contribution in [1.29, 1.82) is 0 Å². The molecule has 4 rings (SSSR count). The zero-order valence-electron chi connectivity index (χ0n) is 22.6. The molecule has 2 heterocycles. The number of carbonyl (C=O) groups is 3. The van der Waals surface area contributed by atoms with Crippen molar-refractivity contribution in [2.45, 2.75) is 63.8 Å². The molecule has 11 nitrogen and oxygen atoms in total. The van der Waals surface area contributed by atoms with Gasteiger partial charge >= 0.3 is 11.9 Å². The third-order valence-corrected chi connectivity index (χ3v) is 6.58. The molecule has 0 saturated carbocycles. The first-order valence-corrected chi connectivity index (χ1v) is 13.1. The number of benzene rings is 2. The van der Waals surface area contributed by atoms with Gasteiger partial charge in [0.15, 0.2) is 11.9 Å². The van der Waals surface area contributed by atoms with Crippen LogP contribution in [0.15, 0.2) is 65.3 Å². The molecule has 0 aliphatic carbocycles. The van der Waals surface area contributed by atoms with Gasteiger partial charge in [0.25, 0.3) is 0 Å². The minimum atomic E-state index is -1.54. The van der Waals surface area contributed by atoms with Crippen LogP contribution < -0.4 is 4.74 Å². The summed E-state index contributed by atoms with van der Waals surface area (Å²) in [6, 6.07) is 15.6. The van der Waals surface area contributed by atoms with Crippen molar-refractivity contribution < 1.29 is 53.1 Å². The van der Waals surface area contributed by atoms with E-state index in [1.165, 1.54) is 18.2 Å². The normalized spacial score (nSPS) is 22.1. The van der Waals surface area contributed by atoms with E-state index in [4.69, 9.17) is 23.4 Å². The SMILES string of the molecule is CC(=O)O[C@H]1[C@H](Oc2cccc(O)c2C(=O)CCCc2ccccc2-c2ccco2)O[C@H](CO)[C@@H](O)[C@@H]1OC(C)=O. The van der Waals surface area contributed by atoms with E-state index in [1.54, 1.807) is 12.3 Å². The molecule has 218 valence electrons. The van der Waals surface area contributed by atoms with Crippen LogP contribution in [0.4, 0.5) is 0 Å². The topological polar surface area (TPSA) is 162 Å². The highest BCUT2D eigenvalue weighted by Crippen LogP contribution is 2.34. The van der Waals surface area contributed by atoms with Gasteiger partial charge in [0.05, 0.1) is 12.9 Å². The molecule has 3 N–H and O–H groups in total. The summed E-state index contributed by atoms with van der Waals surface area (Å²) in [7, 11) is 0. The Kier molecular flexibility index (Phi) is 9.77. The summed E-state index contributed by atoms with van der Waals surface area (Å²) in [6.07, 6.45) is -4.51. The summed E-state index contributed by atoms with van der Waals surface area (Å²) in [5, 5.41) is 30.9. The highest BCUT2D eigenvalue weighted by Gasteiger charge is 2.50. The fraction of sp³-hybridized carbons (Fsp3) is 0.367. The molecule has 2 aromatic carbocycles. The Morgan fingerprint density at radius 1 is 0.927 bits per heavy atom. The Morgan fingerprint density at radius 3 is 2.34 bits per heavy atom. The van der Waals surface area contributed by atoms with Crippen LogP contribution in [0, 0.1) is 0 Å². The maximum Gasteiger partial charge on any atom is 0.303 e. The number of aromatic hydroxyl groups is 1. The molecule has 1 aliphatic rings. The molecule has 1 aromatic heterocycles. The number of Topliss-reactive ketones (excluding diaryl/α,β-unsaturated/α-hetero) is 1. The maximum atomic E-state index is 13.3. The van der Waals surface area contributed by atoms with Gasteiger partial charge in [-0.15, -0.1) is 0 Å². The predicted molar refractivity (Wildman–Crippen MR) is 143 cm³/mol. The summed E-state index contributed by atoms with van der Waals surface area (Å²) in [5.74, 6) is -1.66. The van der Waals surface area contributed by atoms with Gasteiger partial charge in [-0.05, 0) is 42.7 Å². The van der Waals surface area contributed by atoms with Gasteiger partial charge in [0.2, 0.25) is 12.4 Å². The summed E-state index contributed by atoms with van der Waals surface area (Å²) in [5.41, 5.74) is 1.80. The molecule has 0 spiro atoms. The monoisotopic (exact) mass is 568 g/mol. The number of hydrogen-bond acceptors (Lipinski definition) is 11. The van der Waals surface area contributed by atoms with Crippen LogP contribution in [0.5, 0.6) is 11.5 Å². The van der Waals surface area contributed by atoms with Gasteiger partial charge in [-0.25, -0.2) is 0 Å². The lowest BCUT2D eigenvalue weighted by molar-refractivity contribution is -0.285. The number of furan rings is 1. The van der Waals surface area contributed by atoms with Crippen LogP contribution in [-0.2, 0) is 30.2 Å². The molecule has 0 amide bonds. The average molecular weight is 569 g/mol. The molecule has 0 bridgehead atoms. The van der Waals surface area contributed by atoms with E-state index in [-0.39, 0.29) is 23.5 Å². The lowest BCUT2D eigenvalue weighted by Crippen LogP contribution is -2.62. The van der Waals surface area contributed by atoms with Gasteiger partial charge in [0, 0.05) is 25.8 Å². The zero-order chi connectivity index (χ0) is 29.5. The third kappa shape index (κ3) is 7.12. The third-order valence-electron chi connectivity index (χ3n) is 6.58. The number of ether oxygens (including phenoxy) is 4. The highest BCUT2D eigenvalue weighted by atomic mass is 16.7. The first kappa shape index (κ1) is 29.8. The van der Waals surface area contributed by atoms with E-state index in [0.717, 1.165) is 30.7 Å². The van der Waals surface area contributed by atoms with Crippen molar-refractivity contribution in [1.82, 2.24) is 0 Å². The van der Waals surface area contributed by atoms with Gasteiger partial charge in [0.1, 0.15) is 35.0 Å². The number of phenolic OH excluding ortho intramolecular Hbond substituents is 1. The highest BCUT2D eigenvalue weighted by molar-refractivity contribution is 6.01. The first-order chi connectivity index (χ1) is 19.7. The molecule has 0 radical (unpaired) electrons. The number of phenols is 1. The molecule has 0 unspecified atom stereocenters. The number of aryl methyl sites for hydroxylation is 1. The Balaban J connectivity index is 1.54. The minimum Gasteiger partial charge on any atom is -0.507 e. The Morgan fingerprint density at radius 2 is 1.66 bits per heavy atom. The molecule has 1 aliphatic heterocycles. The Labute approximate surface area is 236 Å². The van der Waals surface area contributed by atoms with Crippen LogP contribution in [0.1, 0.15) is 42.6 Å². The lowest BCUT2D eigenvalue weighted by Gasteiger charge is -2.42. The van der Waals surface area contributed by atoms with Crippen LogP contribution in [-0.4, -0.2) is 70.4 Å². The van der Waals surface area contributed by atoms with Crippen LogP contribution in [0.25, 0.3) is 11.3 Å². The van der Waals surface area contributed by atoms with E-state index < -0.39 is 55.0 Å². The Hall–Kier alpha value is -4.19. The van der Waals surface area contributed by atoms with Gasteiger partial charge in [-0.3, -0.25) is 14.4 Å². The molecule has 1 saturated heterocycles. The number of aliphatic hydroxyl groups is 2. The second kappa shape index (κ2) is 13.4. The quantitative estimate of drug-likeness (QED) is 0.230.